The third-order valence-corrected chi connectivity index (χ3v) is 3.09. The van der Waals surface area contributed by atoms with Crippen molar-refractivity contribution >= 4 is 11.8 Å². The zero-order chi connectivity index (χ0) is 13.5. The van der Waals surface area contributed by atoms with Gasteiger partial charge in [-0.15, -0.1) is 0 Å². The van der Waals surface area contributed by atoms with Crippen LogP contribution in [0.3, 0.4) is 0 Å². The topological polar surface area (TPSA) is 61.4 Å². The number of hydrogen-bond acceptors (Lipinski definition) is 3. The van der Waals surface area contributed by atoms with E-state index < -0.39 is 0 Å². The van der Waals surface area contributed by atoms with Crippen LogP contribution in [-0.2, 0) is 9.59 Å². The van der Waals surface area contributed by atoms with Crippen LogP contribution in [0.25, 0.3) is 0 Å². The Hall–Kier alpha value is -1.10. The highest BCUT2D eigenvalue weighted by molar-refractivity contribution is 5.83. The molecule has 0 aromatic heterocycles. The fourth-order valence-electron chi connectivity index (χ4n) is 2.00. The first kappa shape index (κ1) is 15.0. The molecule has 104 valence electrons. The Balaban J connectivity index is 2.26. The van der Waals surface area contributed by atoms with E-state index in [4.69, 9.17) is 0 Å². The number of likely N-dealkylation sites (tertiary alicyclic amines) is 1. The van der Waals surface area contributed by atoms with Gasteiger partial charge < -0.3 is 10.2 Å². The Bertz CT molecular complexity index is 286. The zero-order valence-electron chi connectivity index (χ0n) is 11.7. The average molecular weight is 255 g/mol. The molecule has 18 heavy (non-hydrogen) atoms. The maximum Gasteiger partial charge on any atom is 0.237 e. The molecule has 0 saturated carbocycles. The third-order valence-electron chi connectivity index (χ3n) is 3.09. The number of amides is 2. The van der Waals surface area contributed by atoms with E-state index in [0.717, 1.165) is 25.9 Å². The summed E-state index contributed by atoms with van der Waals surface area (Å²) in [7, 11) is 0. The first-order valence-corrected chi connectivity index (χ1v) is 6.82. The number of nitrogens with zero attached hydrogens (tertiary/aromatic N) is 1. The Morgan fingerprint density at radius 1 is 1.11 bits per heavy atom. The predicted octanol–water partition coefficient (Wildman–Crippen LogP) is 0.502. The summed E-state index contributed by atoms with van der Waals surface area (Å²) < 4.78 is 0. The van der Waals surface area contributed by atoms with E-state index in [1.165, 1.54) is 6.42 Å². The van der Waals surface area contributed by atoms with Crippen molar-refractivity contribution in [1.29, 1.82) is 0 Å². The fourth-order valence-corrected chi connectivity index (χ4v) is 2.00. The second-order valence-corrected chi connectivity index (χ2v) is 5.21. The second-order valence-electron chi connectivity index (χ2n) is 5.21. The molecule has 1 heterocycles. The summed E-state index contributed by atoms with van der Waals surface area (Å²) >= 11 is 0. The van der Waals surface area contributed by atoms with E-state index in [-0.39, 0.29) is 30.4 Å². The van der Waals surface area contributed by atoms with Gasteiger partial charge in [0.1, 0.15) is 0 Å². The summed E-state index contributed by atoms with van der Waals surface area (Å²) in [6, 6.07) is -0.208. The molecule has 1 aliphatic heterocycles. The molecule has 1 fully saturated rings. The molecule has 1 atom stereocenters. The number of hydrogen-bond donors (Lipinski definition) is 2. The lowest BCUT2D eigenvalue weighted by Gasteiger charge is -2.27. The van der Waals surface area contributed by atoms with Crippen LogP contribution in [0.2, 0.25) is 0 Å². The van der Waals surface area contributed by atoms with E-state index in [2.05, 4.69) is 10.6 Å². The van der Waals surface area contributed by atoms with Crippen molar-refractivity contribution in [3.05, 3.63) is 0 Å². The van der Waals surface area contributed by atoms with Crippen LogP contribution in [0.15, 0.2) is 0 Å². The van der Waals surface area contributed by atoms with Gasteiger partial charge in [-0.2, -0.15) is 0 Å². The van der Waals surface area contributed by atoms with Crippen molar-refractivity contribution in [2.24, 2.45) is 0 Å². The quantitative estimate of drug-likeness (QED) is 0.752. The van der Waals surface area contributed by atoms with Crippen molar-refractivity contribution in [2.75, 3.05) is 19.6 Å². The number of carbonyl (C=O) groups is 2. The highest BCUT2D eigenvalue weighted by Crippen LogP contribution is 2.08. The maximum absolute atomic E-state index is 11.9. The summed E-state index contributed by atoms with van der Waals surface area (Å²) in [6.07, 6.45) is 3.40. The van der Waals surface area contributed by atoms with E-state index in [9.17, 15) is 9.59 Å². The van der Waals surface area contributed by atoms with Crippen LogP contribution in [0.5, 0.6) is 0 Å². The molecule has 0 radical (unpaired) electrons. The van der Waals surface area contributed by atoms with Crippen LogP contribution in [0, 0.1) is 0 Å². The van der Waals surface area contributed by atoms with Gasteiger partial charge in [0.15, 0.2) is 0 Å². The molecule has 5 nitrogen and oxygen atoms in total. The molecule has 0 aromatic carbocycles. The molecular formula is C13H25N3O2. The molecule has 1 rings (SSSR count). The largest absolute Gasteiger partial charge is 0.353 e. The van der Waals surface area contributed by atoms with Gasteiger partial charge in [-0.3, -0.25) is 14.9 Å². The fraction of sp³-hybridized carbons (Fsp3) is 0.846. The van der Waals surface area contributed by atoms with E-state index >= 15 is 0 Å². The van der Waals surface area contributed by atoms with Crippen molar-refractivity contribution in [3.63, 3.8) is 0 Å². The Morgan fingerprint density at radius 2 is 1.72 bits per heavy atom. The minimum absolute atomic E-state index is 0.0588. The molecule has 2 amide bonds. The minimum Gasteiger partial charge on any atom is -0.353 e. The number of rotatable bonds is 5. The summed E-state index contributed by atoms with van der Waals surface area (Å²) in [6.45, 7) is 7.57. The van der Waals surface area contributed by atoms with Crippen molar-refractivity contribution in [3.8, 4) is 0 Å². The van der Waals surface area contributed by atoms with E-state index in [1.54, 1.807) is 6.92 Å². The molecule has 0 spiro atoms. The van der Waals surface area contributed by atoms with Crippen molar-refractivity contribution in [1.82, 2.24) is 15.5 Å². The summed E-state index contributed by atoms with van der Waals surface area (Å²) in [5.74, 6) is 0.0374. The van der Waals surface area contributed by atoms with Gasteiger partial charge in [-0.1, -0.05) is 0 Å². The zero-order valence-corrected chi connectivity index (χ0v) is 11.7. The summed E-state index contributed by atoms with van der Waals surface area (Å²) in [5, 5.41) is 5.80. The lowest BCUT2D eigenvalue weighted by molar-refractivity contribution is -0.131. The smallest absolute Gasteiger partial charge is 0.237 e. The molecule has 5 heteroatoms. The monoisotopic (exact) mass is 255 g/mol. The van der Waals surface area contributed by atoms with Crippen LogP contribution >= 0.6 is 0 Å². The Morgan fingerprint density at radius 3 is 2.28 bits per heavy atom. The highest BCUT2D eigenvalue weighted by Gasteiger charge is 2.19. The normalized spacial score (nSPS) is 17.7. The van der Waals surface area contributed by atoms with Crippen LogP contribution in [-0.4, -0.2) is 48.4 Å². The average Bonchev–Trinajstić information content (AvgIpc) is 2.35. The van der Waals surface area contributed by atoms with Gasteiger partial charge >= 0.3 is 0 Å². The lowest BCUT2D eigenvalue weighted by Crippen LogP contribution is -2.49. The van der Waals surface area contributed by atoms with E-state index in [0.29, 0.717) is 0 Å². The van der Waals surface area contributed by atoms with E-state index in [1.807, 2.05) is 18.7 Å². The summed E-state index contributed by atoms with van der Waals surface area (Å²) in [4.78, 5) is 25.4. The standard InChI is InChI=1S/C13H25N3O2/c1-10(2)15-13(18)11(3)14-9-12(17)16-7-5-4-6-8-16/h10-11,14H,4-9H2,1-3H3,(H,15,18). The van der Waals surface area contributed by atoms with Gasteiger partial charge in [-0.05, 0) is 40.0 Å². The number of carbonyl (C=O) groups excluding carboxylic acids is 2. The van der Waals surface area contributed by atoms with Crippen LogP contribution < -0.4 is 10.6 Å². The van der Waals surface area contributed by atoms with Gasteiger partial charge in [0.2, 0.25) is 11.8 Å². The first-order valence-electron chi connectivity index (χ1n) is 6.82. The molecule has 1 saturated heterocycles. The Kier molecular flexibility index (Phi) is 6.12. The SMILES string of the molecule is CC(C)NC(=O)C(C)NCC(=O)N1CCCCC1. The van der Waals surface area contributed by atoms with Gasteiger partial charge in [0.25, 0.3) is 0 Å². The summed E-state index contributed by atoms with van der Waals surface area (Å²) in [5.41, 5.74) is 0. The van der Waals surface area contributed by atoms with Crippen molar-refractivity contribution < 1.29 is 9.59 Å². The van der Waals surface area contributed by atoms with Crippen LogP contribution in [0.4, 0.5) is 0 Å². The third kappa shape index (κ3) is 5.04. The molecule has 0 aliphatic carbocycles. The molecule has 2 N–H and O–H groups in total. The van der Waals surface area contributed by atoms with Crippen molar-refractivity contribution in [2.45, 2.75) is 52.1 Å². The van der Waals surface area contributed by atoms with Crippen LogP contribution in [0.1, 0.15) is 40.0 Å². The molecular weight excluding hydrogens is 230 g/mol. The van der Waals surface area contributed by atoms with Gasteiger partial charge in [0, 0.05) is 19.1 Å². The molecule has 1 unspecified atom stereocenters. The predicted molar refractivity (Wildman–Crippen MR) is 71.2 cm³/mol. The second kappa shape index (κ2) is 7.36. The van der Waals surface area contributed by atoms with Gasteiger partial charge in [-0.25, -0.2) is 0 Å². The minimum atomic E-state index is -0.332. The number of piperidine rings is 1. The first-order chi connectivity index (χ1) is 8.50. The molecule has 0 aromatic rings. The molecule has 1 aliphatic rings. The van der Waals surface area contributed by atoms with Gasteiger partial charge in [0.05, 0.1) is 12.6 Å². The highest BCUT2D eigenvalue weighted by atomic mass is 16.2. The lowest BCUT2D eigenvalue weighted by atomic mass is 10.1. The number of nitrogens with one attached hydrogen (secondary N) is 2. The molecule has 0 bridgehead atoms. The maximum atomic E-state index is 11.9. The Labute approximate surface area is 109 Å².